The van der Waals surface area contributed by atoms with Gasteiger partial charge in [0, 0.05) is 40.0 Å². The third-order valence-corrected chi connectivity index (χ3v) is 5.24. The summed E-state index contributed by atoms with van der Waals surface area (Å²) in [6.07, 6.45) is 4.98. The first-order valence-electron chi connectivity index (χ1n) is 7.08. The van der Waals surface area contributed by atoms with Crippen LogP contribution in [-0.2, 0) is 0 Å². The van der Waals surface area contributed by atoms with Gasteiger partial charge in [0.15, 0.2) is 0 Å². The van der Waals surface area contributed by atoms with Gasteiger partial charge in [0.1, 0.15) is 0 Å². The Balaban J connectivity index is 1.67. The first kappa shape index (κ1) is 14.1. The smallest absolute Gasteiger partial charge is 0.270 e. The largest absolute Gasteiger partial charge is 0.381 e. The first-order chi connectivity index (χ1) is 9.63. The first-order valence-corrected chi connectivity index (χ1v) is 8.16. The molecule has 3 rings (SSSR count). The van der Waals surface area contributed by atoms with E-state index in [2.05, 4.69) is 32.8 Å². The molecule has 0 aliphatic carbocycles. The molecule has 5 nitrogen and oxygen atoms in total. The minimum Gasteiger partial charge on any atom is -0.381 e. The Labute approximate surface area is 132 Å². The molecule has 108 valence electrons. The van der Waals surface area contributed by atoms with Gasteiger partial charge in [-0.25, -0.2) is 0 Å². The molecule has 1 N–H and O–H groups in total. The predicted molar refractivity (Wildman–Crippen MR) is 87.1 cm³/mol. The molecule has 2 aliphatic rings. The van der Waals surface area contributed by atoms with E-state index in [1.165, 1.54) is 32.4 Å². The SMILES string of the molecule is O=[N+]([O-])c1ccc(NC2CCN3CCCC3C2)c(I)c1. The average molecular weight is 387 g/mol. The van der Waals surface area contributed by atoms with Crippen LogP contribution in [0.3, 0.4) is 0 Å². The van der Waals surface area contributed by atoms with Gasteiger partial charge in [0.05, 0.1) is 4.92 Å². The van der Waals surface area contributed by atoms with E-state index in [-0.39, 0.29) is 10.6 Å². The van der Waals surface area contributed by atoms with Crippen molar-refractivity contribution in [2.75, 3.05) is 18.4 Å². The lowest BCUT2D eigenvalue weighted by Gasteiger charge is -2.35. The molecule has 2 heterocycles. The molecular formula is C14H18IN3O2. The van der Waals surface area contributed by atoms with Crippen LogP contribution in [0.15, 0.2) is 18.2 Å². The van der Waals surface area contributed by atoms with Gasteiger partial charge in [-0.05, 0) is 60.9 Å². The molecule has 2 saturated heterocycles. The van der Waals surface area contributed by atoms with Crippen molar-refractivity contribution in [1.29, 1.82) is 0 Å². The van der Waals surface area contributed by atoms with Crippen molar-refractivity contribution in [3.05, 3.63) is 31.9 Å². The quantitative estimate of drug-likeness (QED) is 0.492. The Morgan fingerprint density at radius 1 is 1.35 bits per heavy atom. The molecule has 20 heavy (non-hydrogen) atoms. The summed E-state index contributed by atoms with van der Waals surface area (Å²) < 4.78 is 0.922. The maximum atomic E-state index is 10.8. The van der Waals surface area contributed by atoms with E-state index in [0.29, 0.717) is 6.04 Å². The zero-order chi connectivity index (χ0) is 14.1. The Bertz CT molecular complexity index is 523. The van der Waals surface area contributed by atoms with E-state index in [9.17, 15) is 10.1 Å². The fourth-order valence-electron chi connectivity index (χ4n) is 3.31. The third-order valence-electron chi connectivity index (χ3n) is 4.34. The number of nitrogens with zero attached hydrogens (tertiary/aromatic N) is 2. The molecule has 2 aliphatic heterocycles. The van der Waals surface area contributed by atoms with Crippen LogP contribution in [0.25, 0.3) is 0 Å². The minimum absolute atomic E-state index is 0.158. The fraction of sp³-hybridized carbons (Fsp3) is 0.571. The highest BCUT2D eigenvalue weighted by Crippen LogP contribution is 2.30. The summed E-state index contributed by atoms with van der Waals surface area (Å²) in [6, 6.07) is 6.27. The minimum atomic E-state index is -0.344. The lowest BCUT2D eigenvalue weighted by Crippen LogP contribution is -2.42. The number of hydrogen-bond acceptors (Lipinski definition) is 4. The summed E-state index contributed by atoms with van der Waals surface area (Å²) in [7, 11) is 0. The number of non-ortho nitro benzene ring substituents is 1. The summed E-state index contributed by atoms with van der Waals surface area (Å²) in [5, 5.41) is 14.3. The van der Waals surface area contributed by atoms with E-state index >= 15 is 0 Å². The second-order valence-corrected chi connectivity index (χ2v) is 6.78. The number of piperidine rings is 1. The van der Waals surface area contributed by atoms with Crippen molar-refractivity contribution in [2.24, 2.45) is 0 Å². The number of halogens is 1. The van der Waals surface area contributed by atoms with Crippen molar-refractivity contribution < 1.29 is 4.92 Å². The summed E-state index contributed by atoms with van der Waals surface area (Å²) >= 11 is 2.17. The second kappa shape index (κ2) is 5.85. The van der Waals surface area contributed by atoms with Crippen molar-refractivity contribution in [1.82, 2.24) is 4.90 Å². The molecule has 2 unspecified atom stereocenters. The van der Waals surface area contributed by atoms with Gasteiger partial charge in [-0.2, -0.15) is 0 Å². The zero-order valence-electron chi connectivity index (χ0n) is 11.2. The number of benzene rings is 1. The molecule has 0 saturated carbocycles. The molecule has 2 fully saturated rings. The van der Waals surface area contributed by atoms with Gasteiger partial charge in [-0.1, -0.05) is 0 Å². The molecule has 1 aromatic rings. The van der Waals surface area contributed by atoms with Crippen molar-refractivity contribution >= 4 is 34.0 Å². The Morgan fingerprint density at radius 2 is 2.20 bits per heavy atom. The van der Waals surface area contributed by atoms with E-state index in [1.54, 1.807) is 12.1 Å². The van der Waals surface area contributed by atoms with Crippen molar-refractivity contribution in [2.45, 2.75) is 37.8 Å². The van der Waals surface area contributed by atoms with Crippen LogP contribution >= 0.6 is 22.6 Å². The van der Waals surface area contributed by atoms with E-state index in [4.69, 9.17) is 0 Å². The highest BCUT2D eigenvalue weighted by Gasteiger charge is 2.31. The Morgan fingerprint density at radius 3 is 2.95 bits per heavy atom. The molecule has 0 radical (unpaired) electrons. The van der Waals surface area contributed by atoms with Gasteiger partial charge in [0.25, 0.3) is 5.69 Å². The number of nitro benzene ring substituents is 1. The topological polar surface area (TPSA) is 58.4 Å². The molecule has 0 aromatic heterocycles. The molecular weight excluding hydrogens is 369 g/mol. The summed E-state index contributed by atoms with van der Waals surface area (Å²) in [4.78, 5) is 13.0. The van der Waals surface area contributed by atoms with Gasteiger partial charge < -0.3 is 10.2 Å². The molecule has 1 aromatic carbocycles. The lowest BCUT2D eigenvalue weighted by atomic mass is 9.97. The normalized spacial score (nSPS) is 26.2. The number of anilines is 1. The van der Waals surface area contributed by atoms with E-state index in [0.717, 1.165) is 21.7 Å². The molecule has 2 atom stereocenters. The van der Waals surface area contributed by atoms with Gasteiger partial charge >= 0.3 is 0 Å². The van der Waals surface area contributed by atoms with Crippen LogP contribution in [0.2, 0.25) is 0 Å². The van der Waals surface area contributed by atoms with E-state index < -0.39 is 0 Å². The van der Waals surface area contributed by atoms with Gasteiger partial charge in [-0.15, -0.1) is 0 Å². The zero-order valence-corrected chi connectivity index (χ0v) is 13.4. The highest BCUT2D eigenvalue weighted by molar-refractivity contribution is 14.1. The summed E-state index contributed by atoms with van der Waals surface area (Å²) in [5.41, 5.74) is 1.18. The number of fused-ring (bicyclic) bond motifs is 1. The molecule has 0 spiro atoms. The molecule has 0 amide bonds. The Kier molecular flexibility index (Phi) is 4.11. The van der Waals surface area contributed by atoms with E-state index in [1.807, 2.05) is 6.07 Å². The van der Waals surface area contributed by atoms with Gasteiger partial charge in [-0.3, -0.25) is 10.1 Å². The number of nitrogens with one attached hydrogen (secondary N) is 1. The number of rotatable bonds is 3. The fourth-order valence-corrected chi connectivity index (χ4v) is 3.96. The van der Waals surface area contributed by atoms with Crippen LogP contribution in [0, 0.1) is 13.7 Å². The van der Waals surface area contributed by atoms with Gasteiger partial charge in [0.2, 0.25) is 0 Å². The van der Waals surface area contributed by atoms with Crippen molar-refractivity contribution in [3.8, 4) is 0 Å². The lowest BCUT2D eigenvalue weighted by molar-refractivity contribution is -0.384. The predicted octanol–water partition coefficient (Wildman–Crippen LogP) is 3.24. The third kappa shape index (κ3) is 2.90. The monoisotopic (exact) mass is 387 g/mol. The Hall–Kier alpha value is -0.890. The molecule has 6 heteroatoms. The maximum absolute atomic E-state index is 10.8. The van der Waals surface area contributed by atoms with Crippen LogP contribution in [0.5, 0.6) is 0 Å². The number of hydrogen-bond donors (Lipinski definition) is 1. The summed E-state index contributed by atoms with van der Waals surface area (Å²) in [5.74, 6) is 0. The van der Waals surface area contributed by atoms with Crippen LogP contribution in [0.1, 0.15) is 25.7 Å². The maximum Gasteiger partial charge on any atom is 0.270 e. The van der Waals surface area contributed by atoms with Crippen LogP contribution < -0.4 is 5.32 Å². The summed E-state index contributed by atoms with van der Waals surface area (Å²) in [6.45, 7) is 2.43. The van der Waals surface area contributed by atoms with Crippen LogP contribution in [0.4, 0.5) is 11.4 Å². The van der Waals surface area contributed by atoms with Crippen LogP contribution in [-0.4, -0.2) is 35.0 Å². The number of nitro groups is 1. The second-order valence-electron chi connectivity index (χ2n) is 5.62. The highest BCUT2D eigenvalue weighted by atomic mass is 127. The standard InChI is InChI=1S/C14H18IN3O2/c15-13-9-12(18(19)20)3-4-14(13)16-10-5-7-17-6-1-2-11(17)8-10/h3-4,9-11,16H,1-2,5-8H2. The molecule has 0 bridgehead atoms. The average Bonchev–Trinajstić information content (AvgIpc) is 2.88. The van der Waals surface area contributed by atoms with Crippen molar-refractivity contribution in [3.63, 3.8) is 0 Å².